The fourth-order valence-electron chi connectivity index (χ4n) is 2.45. The third kappa shape index (κ3) is 7.87. The van der Waals surface area contributed by atoms with Crippen LogP contribution in [0.25, 0.3) is 0 Å². The van der Waals surface area contributed by atoms with Gasteiger partial charge in [-0.15, -0.1) is 0 Å². The zero-order valence-corrected chi connectivity index (χ0v) is 16.6. The van der Waals surface area contributed by atoms with Gasteiger partial charge in [0.25, 0.3) is 0 Å². The summed E-state index contributed by atoms with van der Waals surface area (Å²) in [5.41, 5.74) is 0.421. The molecule has 0 radical (unpaired) electrons. The third-order valence-electron chi connectivity index (χ3n) is 3.82. The van der Waals surface area contributed by atoms with Crippen molar-refractivity contribution in [3.63, 3.8) is 0 Å². The monoisotopic (exact) mass is 364 g/mol. The van der Waals surface area contributed by atoms with E-state index in [1.165, 1.54) is 0 Å². The van der Waals surface area contributed by atoms with Crippen LogP contribution in [0.2, 0.25) is 0 Å². The standard InChI is InChI=1S/C20H32N2O4/c1-14(2)17(12-21-19(24)26-20(4,5)6)25-18(15(3)22-13-23)16-10-8-7-9-11-16/h7-11,13-15,17-18H,12H2,1-6H3,(H,21,24)(H,22,23)/t15-,17-,18-/m0/s1. The second kappa shape index (κ2) is 10.2. The van der Waals surface area contributed by atoms with E-state index in [9.17, 15) is 9.59 Å². The molecule has 1 aromatic rings. The molecule has 0 heterocycles. The molecule has 2 amide bonds. The summed E-state index contributed by atoms with van der Waals surface area (Å²) in [6, 6.07) is 9.52. The Morgan fingerprint density at radius 3 is 2.27 bits per heavy atom. The molecular weight excluding hydrogens is 332 g/mol. The molecule has 0 fully saturated rings. The molecule has 26 heavy (non-hydrogen) atoms. The minimum atomic E-state index is -0.548. The first-order valence-corrected chi connectivity index (χ1v) is 9.01. The minimum Gasteiger partial charge on any atom is -0.444 e. The lowest BCUT2D eigenvalue weighted by atomic mass is 10.0. The van der Waals surface area contributed by atoms with Crippen molar-refractivity contribution in [2.24, 2.45) is 5.92 Å². The topological polar surface area (TPSA) is 76.7 Å². The molecular formula is C20H32N2O4. The van der Waals surface area contributed by atoms with Gasteiger partial charge in [0.05, 0.1) is 12.1 Å². The Kier molecular flexibility index (Phi) is 8.58. The Labute approximate surface area is 156 Å². The first kappa shape index (κ1) is 22.0. The van der Waals surface area contributed by atoms with Gasteiger partial charge in [0.15, 0.2) is 0 Å². The van der Waals surface area contributed by atoms with Crippen LogP contribution in [0.4, 0.5) is 4.79 Å². The van der Waals surface area contributed by atoms with E-state index in [0.29, 0.717) is 13.0 Å². The van der Waals surface area contributed by atoms with E-state index in [-0.39, 0.29) is 24.2 Å². The van der Waals surface area contributed by atoms with Crippen LogP contribution in [-0.2, 0) is 14.3 Å². The predicted octanol–water partition coefficient (Wildman–Crippen LogP) is 3.43. The van der Waals surface area contributed by atoms with Crippen molar-refractivity contribution < 1.29 is 19.1 Å². The first-order chi connectivity index (χ1) is 12.1. The van der Waals surface area contributed by atoms with Gasteiger partial charge < -0.3 is 20.1 Å². The van der Waals surface area contributed by atoms with Gasteiger partial charge in [-0.2, -0.15) is 0 Å². The van der Waals surface area contributed by atoms with Gasteiger partial charge in [0, 0.05) is 6.54 Å². The highest BCUT2D eigenvalue weighted by atomic mass is 16.6. The first-order valence-electron chi connectivity index (χ1n) is 9.01. The van der Waals surface area contributed by atoms with Gasteiger partial charge in [-0.25, -0.2) is 4.79 Å². The van der Waals surface area contributed by atoms with Crippen molar-refractivity contribution in [2.45, 2.75) is 65.4 Å². The highest BCUT2D eigenvalue weighted by Gasteiger charge is 2.26. The van der Waals surface area contributed by atoms with E-state index < -0.39 is 11.7 Å². The van der Waals surface area contributed by atoms with Gasteiger partial charge in [-0.05, 0) is 39.2 Å². The zero-order valence-electron chi connectivity index (χ0n) is 16.6. The van der Waals surface area contributed by atoms with E-state index in [0.717, 1.165) is 5.56 Å². The molecule has 0 aliphatic rings. The average Bonchev–Trinajstić information content (AvgIpc) is 2.54. The Balaban J connectivity index is 2.82. The highest BCUT2D eigenvalue weighted by molar-refractivity contribution is 5.67. The molecule has 2 N–H and O–H groups in total. The van der Waals surface area contributed by atoms with Crippen LogP contribution in [0.15, 0.2) is 30.3 Å². The molecule has 6 heteroatoms. The highest BCUT2D eigenvalue weighted by Crippen LogP contribution is 2.25. The molecule has 0 unspecified atom stereocenters. The quantitative estimate of drug-likeness (QED) is 0.658. The van der Waals surface area contributed by atoms with Crippen molar-refractivity contribution in [2.75, 3.05) is 6.54 Å². The molecule has 146 valence electrons. The second-order valence-corrected chi connectivity index (χ2v) is 7.71. The number of rotatable bonds is 9. The van der Waals surface area contributed by atoms with Crippen molar-refractivity contribution in [3.05, 3.63) is 35.9 Å². The zero-order chi connectivity index (χ0) is 19.7. The summed E-state index contributed by atoms with van der Waals surface area (Å²) >= 11 is 0. The Morgan fingerprint density at radius 1 is 1.15 bits per heavy atom. The molecule has 0 aliphatic carbocycles. The van der Waals surface area contributed by atoms with E-state index >= 15 is 0 Å². The maximum absolute atomic E-state index is 11.9. The molecule has 0 saturated carbocycles. The molecule has 0 spiro atoms. The average molecular weight is 364 g/mol. The smallest absolute Gasteiger partial charge is 0.407 e. The maximum atomic E-state index is 11.9. The van der Waals surface area contributed by atoms with E-state index in [2.05, 4.69) is 10.6 Å². The SMILES string of the molecule is CC(C)[C@H](CNC(=O)OC(C)(C)C)O[C@H](c1ccccc1)[C@H](C)NC=O. The number of nitrogens with one attached hydrogen (secondary N) is 2. The Bertz CT molecular complexity index is 555. The van der Waals surface area contributed by atoms with Crippen LogP contribution in [0.1, 0.15) is 53.2 Å². The van der Waals surface area contributed by atoms with E-state index in [1.54, 1.807) is 0 Å². The summed E-state index contributed by atoms with van der Waals surface area (Å²) < 4.78 is 11.6. The number of amides is 2. The van der Waals surface area contributed by atoms with Gasteiger partial charge in [0.2, 0.25) is 6.41 Å². The summed E-state index contributed by atoms with van der Waals surface area (Å²) in [4.78, 5) is 22.8. The number of carbonyl (C=O) groups excluding carboxylic acids is 2. The number of hydrogen-bond donors (Lipinski definition) is 2. The largest absolute Gasteiger partial charge is 0.444 e. The van der Waals surface area contributed by atoms with E-state index in [4.69, 9.17) is 9.47 Å². The van der Waals surface area contributed by atoms with Crippen LogP contribution >= 0.6 is 0 Å². The van der Waals surface area contributed by atoms with Gasteiger partial charge in [0.1, 0.15) is 11.7 Å². The van der Waals surface area contributed by atoms with Crippen molar-refractivity contribution in [3.8, 4) is 0 Å². The molecule has 0 saturated heterocycles. The summed E-state index contributed by atoms with van der Waals surface area (Å²) in [7, 11) is 0. The Morgan fingerprint density at radius 2 is 1.77 bits per heavy atom. The molecule has 0 aromatic heterocycles. The number of carbonyl (C=O) groups is 2. The lowest BCUT2D eigenvalue weighted by Crippen LogP contribution is -2.42. The molecule has 6 nitrogen and oxygen atoms in total. The lowest BCUT2D eigenvalue weighted by Gasteiger charge is -2.31. The normalized spacial score (nSPS) is 15.0. The number of hydrogen-bond acceptors (Lipinski definition) is 4. The Hall–Kier alpha value is -2.08. The molecule has 1 rings (SSSR count). The maximum Gasteiger partial charge on any atom is 0.407 e. The fraction of sp³-hybridized carbons (Fsp3) is 0.600. The number of alkyl carbamates (subject to hydrolysis) is 1. The summed E-state index contributed by atoms with van der Waals surface area (Å²) in [6.45, 7) is 11.7. The third-order valence-corrected chi connectivity index (χ3v) is 3.82. The van der Waals surface area contributed by atoms with Crippen LogP contribution in [0.5, 0.6) is 0 Å². The fourth-order valence-corrected chi connectivity index (χ4v) is 2.45. The summed E-state index contributed by atoms with van der Waals surface area (Å²) in [5, 5.41) is 5.54. The van der Waals surface area contributed by atoms with Gasteiger partial charge in [-0.1, -0.05) is 44.2 Å². The summed E-state index contributed by atoms with van der Waals surface area (Å²) in [6.07, 6.45) is -0.354. The minimum absolute atomic E-state index is 0.166. The van der Waals surface area contributed by atoms with Crippen LogP contribution in [0, 0.1) is 5.92 Å². The lowest BCUT2D eigenvalue weighted by molar-refractivity contribution is -0.112. The van der Waals surface area contributed by atoms with Crippen molar-refractivity contribution in [1.29, 1.82) is 0 Å². The second-order valence-electron chi connectivity index (χ2n) is 7.71. The molecule has 3 atom stereocenters. The molecule has 0 bridgehead atoms. The predicted molar refractivity (Wildman–Crippen MR) is 102 cm³/mol. The molecule has 0 aliphatic heterocycles. The number of ether oxygens (including phenoxy) is 2. The van der Waals surface area contributed by atoms with Gasteiger partial charge >= 0.3 is 6.09 Å². The van der Waals surface area contributed by atoms with Crippen LogP contribution in [0.3, 0.4) is 0 Å². The number of benzene rings is 1. The van der Waals surface area contributed by atoms with Crippen LogP contribution < -0.4 is 10.6 Å². The summed E-state index contributed by atoms with van der Waals surface area (Å²) in [5.74, 6) is 0.166. The van der Waals surface area contributed by atoms with Crippen LogP contribution in [-0.4, -0.2) is 36.8 Å². The van der Waals surface area contributed by atoms with Gasteiger partial charge in [-0.3, -0.25) is 4.79 Å². The van der Waals surface area contributed by atoms with Crippen molar-refractivity contribution in [1.82, 2.24) is 10.6 Å². The van der Waals surface area contributed by atoms with E-state index in [1.807, 2.05) is 71.9 Å². The molecule has 1 aromatic carbocycles. The van der Waals surface area contributed by atoms with Crippen molar-refractivity contribution >= 4 is 12.5 Å².